The fourth-order valence-corrected chi connectivity index (χ4v) is 3.33. The minimum atomic E-state index is -2.65. The molecule has 1 aromatic carbocycles. The Labute approximate surface area is 158 Å². The number of rotatable bonds is 5. The van der Waals surface area contributed by atoms with Gasteiger partial charge in [0.1, 0.15) is 5.69 Å². The summed E-state index contributed by atoms with van der Waals surface area (Å²) in [5.74, 6) is 0.509. The second kappa shape index (κ2) is 6.07. The number of halogens is 2. The fraction of sp³-hybridized carbons (Fsp3) is 0.353. The molecule has 2 heterocycles. The number of alkyl halides is 2. The van der Waals surface area contributed by atoms with Crippen LogP contribution in [0.15, 0.2) is 34.9 Å². The first-order chi connectivity index (χ1) is 12.7. The monoisotopic (exact) mass is 360 g/mol. The highest BCUT2D eigenvalue weighted by Crippen LogP contribution is 2.54. The number of nitrogens with zero attached hydrogens (tertiary/aromatic N) is 4. The van der Waals surface area contributed by atoms with Crippen molar-refractivity contribution < 1.29 is 13.3 Å². The van der Waals surface area contributed by atoms with Crippen molar-refractivity contribution in [3.05, 3.63) is 53.0 Å². The lowest BCUT2D eigenvalue weighted by Gasteiger charge is -2.27. The number of hydrogen-bond acceptors (Lipinski definition) is 4. The predicted octanol–water partition coefficient (Wildman–Crippen LogP) is 2.10. The zero-order valence-corrected chi connectivity index (χ0v) is 14.6. The third kappa shape index (κ3) is 3.01. The molecule has 0 unspecified atom stereocenters. The molecule has 5 nitrogen and oxygen atoms in total. The van der Waals surface area contributed by atoms with Crippen LogP contribution in [0.25, 0.3) is 11.6 Å². The van der Waals surface area contributed by atoms with Gasteiger partial charge in [-0.05, 0) is 24.5 Å². The minimum absolute atomic E-state index is 0.0794. The number of benzene rings is 1. The summed E-state index contributed by atoms with van der Waals surface area (Å²) >= 11 is 0. The molecule has 10 heteroatoms. The molecule has 4 rings (SSSR count). The molecule has 1 saturated carbocycles. The summed E-state index contributed by atoms with van der Waals surface area (Å²) in [6.07, 6.45) is -1.11. The lowest BCUT2D eigenvalue weighted by atomic mass is 9.39. The molecule has 1 aliphatic rings. The van der Waals surface area contributed by atoms with E-state index in [1.807, 2.05) is 12.1 Å². The zero-order chi connectivity index (χ0) is 19.4. The average Bonchev–Trinajstić information content (AvgIpc) is 3.08. The van der Waals surface area contributed by atoms with Crippen molar-refractivity contribution in [2.45, 2.75) is 29.8 Å². The SMILES string of the molecule is [B]C([B])([B])c1ccccc1C1(c2noc(-c3cc(C(F)F)n(C)n3)n2)CC1. The first-order valence-corrected chi connectivity index (χ1v) is 8.35. The van der Waals surface area contributed by atoms with E-state index in [0.717, 1.165) is 23.1 Å². The largest absolute Gasteiger partial charge is 0.332 e. The van der Waals surface area contributed by atoms with Gasteiger partial charge in [0.05, 0.1) is 29.0 Å². The van der Waals surface area contributed by atoms with Gasteiger partial charge in [-0.25, -0.2) is 8.78 Å². The Bertz CT molecular complexity index is 992. The molecule has 6 radical (unpaired) electrons. The third-order valence-electron chi connectivity index (χ3n) is 4.87. The van der Waals surface area contributed by atoms with Gasteiger partial charge >= 0.3 is 0 Å². The van der Waals surface area contributed by atoms with Gasteiger partial charge in [0, 0.05) is 7.05 Å². The quantitative estimate of drug-likeness (QED) is 0.655. The summed E-state index contributed by atoms with van der Waals surface area (Å²) < 4.78 is 32.3. The first-order valence-electron chi connectivity index (χ1n) is 8.35. The van der Waals surface area contributed by atoms with Gasteiger partial charge in [0.15, 0.2) is 11.5 Å². The van der Waals surface area contributed by atoms with Crippen LogP contribution in [0.4, 0.5) is 8.78 Å². The third-order valence-corrected chi connectivity index (χ3v) is 4.87. The molecule has 0 saturated heterocycles. The number of aromatic nitrogens is 4. The van der Waals surface area contributed by atoms with Crippen LogP contribution in [0.5, 0.6) is 0 Å². The topological polar surface area (TPSA) is 56.7 Å². The zero-order valence-electron chi connectivity index (χ0n) is 14.6. The van der Waals surface area contributed by atoms with E-state index < -0.39 is 17.0 Å². The lowest BCUT2D eigenvalue weighted by molar-refractivity contribution is 0.141. The normalized spacial score (nSPS) is 16.0. The summed E-state index contributed by atoms with van der Waals surface area (Å²) in [5.41, 5.74) is 0.879. The summed E-state index contributed by atoms with van der Waals surface area (Å²) in [4.78, 5) is 4.41. The Morgan fingerprint density at radius 1 is 1.22 bits per heavy atom. The van der Waals surface area contributed by atoms with Gasteiger partial charge in [0.25, 0.3) is 12.3 Å². The van der Waals surface area contributed by atoms with Crippen molar-refractivity contribution in [3.8, 4) is 11.6 Å². The van der Waals surface area contributed by atoms with Crippen LogP contribution in [-0.2, 0) is 17.6 Å². The molecule has 1 fully saturated rings. The highest BCUT2D eigenvalue weighted by molar-refractivity contribution is 6.59. The Morgan fingerprint density at radius 3 is 2.52 bits per heavy atom. The Hall–Kier alpha value is -2.38. The molecule has 0 atom stereocenters. The second-order valence-corrected chi connectivity index (χ2v) is 6.86. The molecule has 130 valence electrons. The molecule has 0 aliphatic heterocycles. The second-order valence-electron chi connectivity index (χ2n) is 6.86. The summed E-state index contributed by atoms with van der Waals surface area (Å²) in [6.45, 7) is 0. The van der Waals surface area contributed by atoms with E-state index in [2.05, 4.69) is 15.2 Å². The Morgan fingerprint density at radius 2 is 1.93 bits per heavy atom. The lowest BCUT2D eigenvalue weighted by Crippen LogP contribution is -2.30. The molecule has 3 aromatic rings. The molecule has 1 aliphatic carbocycles. The smallest absolute Gasteiger partial charge is 0.280 e. The summed E-state index contributed by atoms with van der Waals surface area (Å²) in [5, 5.41) is 6.58. The van der Waals surface area contributed by atoms with E-state index in [9.17, 15) is 8.78 Å². The van der Waals surface area contributed by atoms with Crippen molar-refractivity contribution in [2.24, 2.45) is 7.05 Å². The maximum Gasteiger partial charge on any atom is 0.280 e. The van der Waals surface area contributed by atoms with E-state index in [-0.39, 0.29) is 17.3 Å². The highest BCUT2D eigenvalue weighted by Gasteiger charge is 2.51. The summed E-state index contributed by atoms with van der Waals surface area (Å²) in [7, 11) is 19.2. The van der Waals surface area contributed by atoms with Crippen molar-refractivity contribution in [1.29, 1.82) is 0 Å². The van der Waals surface area contributed by atoms with E-state index >= 15 is 0 Å². The van der Waals surface area contributed by atoms with Gasteiger partial charge in [0.2, 0.25) is 0 Å². The maximum absolute atomic E-state index is 13.0. The average molecular weight is 360 g/mol. The maximum atomic E-state index is 13.0. The van der Waals surface area contributed by atoms with Crippen LogP contribution in [0, 0.1) is 0 Å². The molecular formula is C17H13B3F2N4O. The van der Waals surface area contributed by atoms with E-state index in [0.29, 0.717) is 11.4 Å². The first kappa shape index (κ1) is 18.0. The molecule has 0 bridgehead atoms. The highest BCUT2D eigenvalue weighted by atomic mass is 19.3. The van der Waals surface area contributed by atoms with Gasteiger partial charge in [-0.2, -0.15) is 10.1 Å². The summed E-state index contributed by atoms with van der Waals surface area (Å²) in [6, 6.07) is 8.55. The number of aryl methyl sites for hydroxylation is 1. The van der Waals surface area contributed by atoms with Crippen LogP contribution in [0.3, 0.4) is 0 Å². The molecule has 0 spiro atoms. The standard InChI is InChI=1S/C17H13B3F2N4O/c1-26-12(13(21)22)8-11(24-26)14-23-15(25-27-14)16(6-7-16)9-4-2-3-5-10(9)17(18,19)20/h2-5,8,13H,6-7H2,1H3. The van der Waals surface area contributed by atoms with Gasteiger partial charge in [-0.3, -0.25) is 4.68 Å². The molecule has 0 N–H and O–H groups in total. The van der Waals surface area contributed by atoms with E-state index in [1.165, 1.54) is 13.1 Å². The Balaban J connectivity index is 1.73. The van der Waals surface area contributed by atoms with Crippen LogP contribution in [0.1, 0.15) is 41.9 Å². The molecule has 0 amide bonds. The molecule has 27 heavy (non-hydrogen) atoms. The van der Waals surface area contributed by atoms with Gasteiger partial charge in [-0.1, -0.05) is 35.0 Å². The van der Waals surface area contributed by atoms with Crippen molar-refractivity contribution in [2.75, 3.05) is 0 Å². The van der Waals surface area contributed by atoms with Crippen LogP contribution < -0.4 is 0 Å². The minimum Gasteiger partial charge on any atom is -0.332 e. The van der Waals surface area contributed by atoms with Crippen LogP contribution >= 0.6 is 0 Å². The fourth-order valence-electron chi connectivity index (χ4n) is 3.33. The Kier molecular flexibility index (Phi) is 4.05. The van der Waals surface area contributed by atoms with E-state index in [4.69, 9.17) is 28.1 Å². The van der Waals surface area contributed by atoms with Crippen molar-refractivity contribution in [3.63, 3.8) is 0 Å². The van der Waals surface area contributed by atoms with Crippen LogP contribution in [-0.4, -0.2) is 43.5 Å². The molecule has 2 aromatic heterocycles. The predicted molar refractivity (Wildman–Crippen MR) is 96.9 cm³/mol. The molecular weight excluding hydrogens is 347 g/mol. The van der Waals surface area contributed by atoms with Gasteiger partial charge < -0.3 is 4.52 Å². The van der Waals surface area contributed by atoms with Gasteiger partial charge in [-0.15, -0.1) is 5.11 Å². The van der Waals surface area contributed by atoms with E-state index in [1.54, 1.807) is 12.1 Å². The van der Waals surface area contributed by atoms with Crippen molar-refractivity contribution >= 4 is 23.5 Å². The van der Waals surface area contributed by atoms with Crippen LogP contribution in [0.2, 0.25) is 0 Å². The van der Waals surface area contributed by atoms with Crippen molar-refractivity contribution in [1.82, 2.24) is 19.9 Å². The number of hydrogen-bond donors (Lipinski definition) is 0.